The maximum Gasteiger partial charge on any atom is 0.389 e. The van der Waals surface area contributed by atoms with E-state index in [1.807, 2.05) is 4.90 Å². The molecule has 96 valence electrons. The summed E-state index contributed by atoms with van der Waals surface area (Å²) in [5.74, 6) is -0.308. The van der Waals surface area contributed by atoms with Crippen LogP contribution in [0.2, 0.25) is 0 Å². The van der Waals surface area contributed by atoms with Crippen LogP contribution in [0.1, 0.15) is 12.8 Å². The van der Waals surface area contributed by atoms with Gasteiger partial charge < -0.3 is 16.0 Å². The third-order valence-corrected chi connectivity index (χ3v) is 2.99. The van der Waals surface area contributed by atoms with E-state index in [0.29, 0.717) is 26.1 Å². The molecule has 0 aliphatic carbocycles. The van der Waals surface area contributed by atoms with Crippen molar-refractivity contribution < 1.29 is 13.2 Å². The molecule has 1 aliphatic rings. The van der Waals surface area contributed by atoms with Gasteiger partial charge in [0, 0.05) is 38.6 Å². The molecule has 3 N–H and O–H groups in total. The minimum atomic E-state index is -4.06. The summed E-state index contributed by atoms with van der Waals surface area (Å²) < 4.78 is 37.0. The van der Waals surface area contributed by atoms with E-state index in [0.717, 1.165) is 6.54 Å². The lowest BCUT2D eigenvalue weighted by atomic mass is 9.91. The standard InChI is InChI=1S/C10H20F3N3/c1-15-9-4-8(5-10(11,12)13)6-16(7-9)3-2-14/h8-9,15H,2-7,14H2,1H3. The number of rotatable bonds is 4. The normalized spacial score (nSPS) is 28.3. The van der Waals surface area contributed by atoms with Gasteiger partial charge >= 0.3 is 6.18 Å². The molecule has 0 aromatic rings. The molecule has 0 amide bonds. The highest BCUT2D eigenvalue weighted by molar-refractivity contribution is 4.83. The fourth-order valence-electron chi connectivity index (χ4n) is 2.35. The SMILES string of the molecule is CNC1CC(CC(F)(F)F)CN(CCN)C1. The number of nitrogens with two attached hydrogens (primary N) is 1. The van der Waals surface area contributed by atoms with Gasteiger partial charge in [0.1, 0.15) is 0 Å². The van der Waals surface area contributed by atoms with E-state index in [9.17, 15) is 13.2 Å². The highest BCUT2D eigenvalue weighted by Gasteiger charge is 2.35. The van der Waals surface area contributed by atoms with Gasteiger partial charge in [-0.25, -0.2) is 0 Å². The second kappa shape index (κ2) is 5.84. The van der Waals surface area contributed by atoms with E-state index < -0.39 is 12.6 Å². The van der Waals surface area contributed by atoms with E-state index in [1.54, 1.807) is 7.05 Å². The highest BCUT2D eigenvalue weighted by Crippen LogP contribution is 2.30. The molecule has 1 aliphatic heterocycles. The van der Waals surface area contributed by atoms with E-state index >= 15 is 0 Å². The topological polar surface area (TPSA) is 41.3 Å². The summed E-state index contributed by atoms with van der Waals surface area (Å²) in [6, 6.07) is 0.146. The molecule has 16 heavy (non-hydrogen) atoms. The van der Waals surface area contributed by atoms with Crippen LogP contribution in [0.5, 0.6) is 0 Å². The van der Waals surface area contributed by atoms with Crippen molar-refractivity contribution in [2.45, 2.75) is 25.1 Å². The van der Waals surface area contributed by atoms with Crippen LogP contribution in [0.4, 0.5) is 13.2 Å². The zero-order valence-corrected chi connectivity index (χ0v) is 9.56. The first-order chi connectivity index (χ1) is 7.44. The Hall–Kier alpha value is -0.330. The quantitative estimate of drug-likeness (QED) is 0.762. The van der Waals surface area contributed by atoms with Gasteiger partial charge in [-0.05, 0) is 19.4 Å². The molecule has 2 atom stereocenters. The first-order valence-corrected chi connectivity index (χ1v) is 5.61. The van der Waals surface area contributed by atoms with Crippen molar-refractivity contribution in [2.24, 2.45) is 11.7 Å². The number of hydrogen-bond donors (Lipinski definition) is 2. The third kappa shape index (κ3) is 4.67. The molecule has 1 saturated heterocycles. The third-order valence-electron chi connectivity index (χ3n) is 2.99. The Labute approximate surface area is 94.2 Å². The van der Waals surface area contributed by atoms with Crippen molar-refractivity contribution in [1.29, 1.82) is 0 Å². The zero-order chi connectivity index (χ0) is 12.2. The van der Waals surface area contributed by atoms with Crippen molar-refractivity contribution in [3.05, 3.63) is 0 Å². The Balaban J connectivity index is 2.50. The average Bonchev–Trinajstić information content (AvgIpc) is 2.15. The summed E-state index contributed by atoms with van der Waals surface area (Å²) in [7, 11) is 1.79. The lowest BCUT2D eigenvalue weighted by Crippen LogP contribution is -2.50. The molecule has 2 unspecified atom stereocenters. The van der Waals surface area contributed by atoms with Crippen LogP contribution < -0.4 is 11.1 Å². The molecule has 0 saturated carbocycles. The van der Waals surface area contributed by atoms with Crippen molar-refractivity contribution in [3.63, 3.8) is 0 Å². The number of hydrogen-bond acceptors (Lipinski definition) is 3. The maximum atomic E-state index is 12.3. The molecule has 1 rings (SSSR count). The molecule has 1 heterocycles. The number of nitrogens with zero attached hydrogens (tertiary/aromatic N) is 1. The molecule has 6 heteroatoms. The van der Waals surface area contributed by atoms with Gasteiger partial charge in [0.25, 0.3) is 0 Å². The Kier molecular flexibility index (Phi) is 5.01. The van der Waals surface area contributed by atoms with E-state index in [-0.39, 0.29) is 12.0 Å². The van der Waals surface area contributed by atoms with Gasteiger partial charge in [-0.2, -0.15) is 13.2 Å². The van der Waals surface area contributed by atoms with Gasteiger partial charge in [-0.15, -0.1) is 0 Å². The first-order valence-electron chi connectivity index (χ1n) is 5.61. The van der Waals surface area contributed by atoms with Crippen LogP contribution >= 0.6 is 0 Å². The molecule has 0 bridgehead atoms. The van der Waals surface area contributed by atoms with Crippen LogP contribution in [-0.2, 0) is 0 Å². The van der Waals surface area contributed by atoms with Crippen molar-refractivity contribution in [3.8, 4) is 0 Å². The van der Waals surface area contributed by atoms with Gasteiger partial charge in [0.05, 0.1) is 0 Å². The second-order valence-corrected chi connectivity index (χ2v) is 4.45. The van der Waals surface area contributed by atoms with Crippen LogP contribution in [0, 0.1) is 5.92 Å². The second-order valence-electron chi connectivity index (χ2n) is 4.45. The van der Waals surface area contributed by atoms with Gasteiger partial charge in [-0.1, -0.05) is 0 Å². The highest BCUT2D eigenvalue weighted by atomic mass is 19.4. The lowest BCUT2D eigenvalue weighted by Gasteiger charge is -2.37. The molecular weight excluding hydrogens is 219 g/mol. The largest absolute Gasteiger partial charge is 0.389 e. The number of likely N-dealkylation sites (N-methyl/N-ethyl adjacent to an activating group) is 1. The Morgan fingerprint density at radius 2 is 2.06 bits per heavy atom. The first kappa shape index (κ1) is 13.7. The Bertz CT molecular complexity index is 208. The zero-order valence-electron chi connectivity index (χ0n) is 9.56. The van der Waals surface area contributed by atoms with Crippen LogP contribution in [0.25, 0.3) is 0 Å². The fourth-order valence-corrected chi connectivity index (χ4v) is 2.35. The predicted molar refractivity (Wildman–Crippen MR) is 57.1 cm³/mol. The van der Waals surface area contributed by atoms with Gasteiger partial charge in [0.2, 0.25) is 0 Å². The maximum absolute atomic E-state index is 12.3. The smallest absolute Gasteiger partial charge is 0.329 e. The number of likely N-dealkylation sites (tertiary alicyclic amines) is 1. The molecule has 3 nitrogen and oxygen atoms in total. The summed E-state index contributed by atoms with van der Waals surface area (Å²) in [6.45, 7) is 2.47. The molecular formula is C10H20F3N3. The predicted octanol–water partition coefficient (Wildman–Crippen LogP) is 0.807. The summed E-state index contributed by atoms with van der Waals surface area (Å²) in [5, 5.41) is 3.06. The molecule has 0 spiro atoms. The summed E-state index contributed by atoms with van der Waals surface area (Å²) in [4.78, 5) is 2.01. The van der Waals surface area contributed by atoms with E-state index in [4.69, 9.17) is 5.73 Å². The molecule has 0 aromatic carbocycles. The van der Waals surface area contributed by atoms with Gasteiger partial charge in [-0.3, -0.25) is 0 Å². The van der Waals surface area contributed by atoms with Crippen LogP contribution in [0.3, 0.4) is 0 Å². The summed E-state index contributed by atoms with van der Waals surface area (Å²) in [5.41, 5.74) is 5.43. The van der Waals surface area contributed by atoms with Crippen LogP contribution in [0.15, 0.2) is 0 Å². The van der Waals surface area contributed by atoms with Gasteiger partial charge in [0.15, 0.2) is 0 Å². The molecule has 0 radical (unpaired) electrons. The summed E-state index contributed by atoms with van der Waals surface area (Å²) in [6.07, 6.45) is -4.15. The van der Waals surface area contributed by atoms with Crippen molar-refractivity contribution >= 4 is 0 Å². The van der Waals surface area contributed by atoms with Crippen molar-refractivity contribution in [1.82, 2.24) is 10.2 Å². The average molecular weight is 239 g/mol. The number of nitrogens with one attached hydrogen (secondary N) is 1. The minimum Gasteiger partial charge on any atom is -0.329 e. The van der Waals surface area contributed by atoms with E-state index in [2.05, 4.69) is 5.32 Å². The number of alkyl halides is 3. The molecule has 1 fully saturated rings. The Morgan fingerprint density at radius 3 is 2.56 bits per heavy atom. The van der Waals surface area contributed by atoms with Crippen LogP contribution in [-0.4, -0.2) is 50.3 Å². The van der Waals surface area contributed by atoms with Crippen molar-refractivity contribution in [2.75, 3.05) is 33.2 Å². The summed E-state index contributed by atoms with van der Waals surface area (Å²) >= 11 is 0. The number of halogens is 3. The number of piperidine rings is 1. The lowest BCUT2D eigenvalue weighted by molar-refractivity contribution is -0.148. The minimum absolute atomic E-state index is 0.146. The molecule has 0 aromatic heterocycles. The monoisotopic (exact) mass is 239 g/mol. The fraction of sp³-hybridized carbons (Fsp3) is 1.00. The Morgan fingerprint density at radius 1 is 1.38 bits per heavy atom. The van der Waals surface area contributed by atoms with E-state index in [1.165, 1.54) is 0 Å².